The number of hydrogen-bond acceptors (Lipinski definition) is 5. The molecule has 0 bridgehead atoms. The topological polar surface area (TPSA) is 46.9 Å². The normalized spacial score (nSPS) is 14.8. The Bertz CT molecular complexity index is 1070. The van der Waals surface area contributed by atoms with E-state index < -0.39 is 0 Å². The number of esters is 1. The molecule has 1 saturated heterocycles. The zero-order valence-corrected chi connectivity index (χ0v) is 19.8. The van der Waals surface area contributed by atoms with E-state index in [2.05, 4.69) is 54.6 Å². The number of anilines is 1. The lowest BCUT2D eigenvalue weighted by atomic mass is 10.1. The fourth-order valence-electron chi connectivity index (χ4n) is 4.28. The molecule has 1 aliphatic rings. The molecule has 0 spiro atoms. The van der Waals surface area contributed by atoms with Gasteiger partial charge in [-0.2, -0.15) is 0 Å². The lowest BCUT2D eigenvalue weighted by Gasteiger charge is -2.36. The second kappa shape index (κ2) is 9.32. The fourth-order valence-corrected chi connectivity index (χ4v) is 4.77. The minimum Gasteiger partial charge on any atom is -0.496 e. The van der Waals surface area contributed by atoms with Gasteiger partial charge in [0.2, 0.25) is 0 Å². The Morgan fingerprint density at radius 1 is 1.10 bits per heavy atom. The van der Waals surface area contributed by atoms with Crippen LogP contribution in [0.15, 0.2) is 46.9 Å². The van der Waals surface area contributed by atoms with E-state index in [4.69, 9.17) is 9.47 Å². The molecule has 2 heterocycles. The third-order valence-electron chi connectivity index (χ3n) is 5.94. The molecule has 0 aliphatic carbocycles. The van der Waals surface area contributed by atoms with Gasteiger partial charge in [0.15, 0.2) is 0 Å². The second-order valence-corrected chi connectivity index (χ2v) is 8.56. The first kappa shape index (κ1) is 21.7. The minimum absolute atomic E-state index is 0.282. The van der Waals surface area contributed by atoms with E-state index in [0.717, 1.165) is 47.2 Å². The number of piperazine rings is 1. The predicted molar refractivity (Wildman–Crippen MR) is 127 cm³/mol. The number of carbonyl (C=O) groups excluding carboxylic acids is 1. The van der Waals surface area contributed by atoms with Crippen molar-refractivity contribution in [2.24, 2.45) is 7.05 Å². The molecule has 4 rings (SSSR count). The Hall–Kier alpha value is -2.51. The summed E-state index contributed by atoms with van der Waals surface area (Å²) in [7, 11) is 3.64. The van der Waals surface area contributed by atoms with Gasteiger partial charge in [-0.05, 0) is 47.1 Å². The van der Waals surface area contributed by atoms with Crippen molar-refractivity contribution in [1.29, 1.82) is 0 Å². The summed E-state index contributed by atoms with van der Waals surface area (Å²) in [6.45, 7) is 6.67. The zero-order valence-electron chi connectivity index (χ0n) is 18.2. The van der Waals surface area contributed by atoms with Crippen LogP contribution in [0.1, 0.15) is 23.0 Å². The lowest BCUT2D eigenvalue weighted by Crippen LogP contribution is -2.46. The molecule has 6 nitrogen and oxygen atoms in total. The Balaban J connectivity index is 1.63. The SMILES string of the molecule is CCOC(=O)c1c(CN2CCN(c3ccccc3)CC2)n(C)c2cc(Br)c(OC)cc12. The van der Waals surface area contributed by atoms with Gasteiger partial charge in [-0.15, -0.1) is 0 Å². The highest BCUT2D eigenvalue weighted by Gasteiger charge is 2.26. The van der Waals surface area contributed by atoms with Crippen LogP contribution < -0.4 is 9.64 Å². The summed E-state index contributed by atoms with van der Waals surface area (Å²) in [5, 5.41) is 0.860. The number of para-hydroxylation sites is 1. The van der Waals surface area contributed by atoms with E-state index in [1.807, 2.05) is 32.2 Å². The molecule has 1 fully saturated rings. The molecule has 0 radical (unpaired) electrons. The average molecular weight is 486 g/mol. The predicted octanol–water partition coefficient (Wildman–Crippen LogP) is 4.45. The number of aryl methyl sites for hydroxylation is 1. The van der Waals surface area contributed by atoms with Gasteiger partial charge >= 0.3 is 5.97 Å². The van der Waals surface area contributed by atoms with E-state index in [9.17, 15) is 4.79 Å². The van der Waals surface area contributed by atoms with Crippen molar-refractivity contribution < 1.29 is 14.3 Å². The van der Waals surface area contributed by atoms with Crippen molar-refractivity contribution in [3.63, 3.8) is 0 Å². The molecule has 31 heavy (non-hydrogen) atoms. The molecule has 1 aliphatic heterocycles. The summed E-state index contributed by atoms with van der Waals surface area (Å²) in [4.78, 5) is 17.8. The average Bonchev–Trinajstić information content (AvgIpc) is 3.05. The molecule has 1 aromatic heterocycles. The highest BCUT2D eigenvalue weighted by Crippen LogP contribution is 2.35. The number of halogens is 1. The zero-order chi connectivity index (χ0) is 22.0. The van der Waals surface area contributed by atoms with E-state index in [1.54, 1.807) is 7.11 Å². The number of rotatable bonds is 6. The molecule has 0 unspecified atom stereocenters. The van der Waals surface area contributed by atoms with Gasteiger partial charge in [0.1, 0.15) is 5.75 Å². The van der Waals surface area contributed by atoms with Crippen molar-refractivity contribution in [1.82, 2.24) is 9.47 Å². The molecule has 0 atom stereocenters. The Labute approximate surface area is 191 Å². The third kappa shape index (κ3) is 4.29. The summed E-state index contributed by atoms with van der Waals surface area (Å²) >= 11 is 3.57. The molecule has 2 aromatic carbocycles. The van der Waals surface area contributed by atoms with E-state index >= 15 is 0 Å². The number of methoxy groups -OCH3 is 1. The third-order valence-corrected chi connectivity index (χ3v) is 6.56. The highest BCUT2D eigenvalue weighted by molar-refractivity contribution is 9.10. The molecule has 0 saturated carbocycles. The van der Waals surface area contributed by atoms with Crippen LogP contribution in [-0.2, 0) is 18.3 Å². The lowest BCUT2D eigenvalue weighted by molar-refractivity contribution is 0.0525. The largest absolute Gasteiger partial charge is 0.496 e. The quantitative estimate of drug-likeness (QED) is 0.482. The van der Waals surface area contributed by atoms with Gasteiger partial charge in [0.05, 0.1) is 29.3 Å². The Morgan fingerprint density at radius 2 is 1.81 bits per heavy atom. The minimum atomic E-state index is -0.282. The summed E-state index contributed by atoms with van der Waals surface area (Å²) in [6.07, 6.45) is 0. The number of fused-ring (bicyclic) bond motifs is 1. The first-order valence-electron chi connectivity index (χ1n) is 10.6. The summed E-state index contributed by atoms with van der Waals surface area (Å²) in [5.41, 5.74) is 3.85. The van der Waals surface area contributed by atoms with Gasteiger partial charge in [-0.3, -0.25) is 4.90 Å². The first-order chi connectivity index (χ1) is 15.0. The smallest absolute Gasteiger partial charge is 0.340 e. The summed E-state index contributed by atoms with van der Waals surface area (Å²) < 4.78 is 13.9. The molecule has 164 valence electrons. The highest BCUT2D eigenvalue weighted by atomic mass is 79.9. The fraction of sp³-hybridized carbons (Fsp3) is 0.375. The number of benzene rings is 2. The molecular weight excluding hydrogens is 458 g/mol. The van der Waals surface area contributed by atoms with E-state index in [1.165, 1.54) is 5.69 Å². The number of nitrogens with zero attached hydrogens (tertiary/aromatic N) is 3. The van der Waals surface area contributed by atoms with Crippen molar-refractivity contribution in [2.75, 3.05) is 44.8 Å². The van der Waals surface area contributed by atoms with Crippen molar-refractivity contribution >= 4 is 38.5 Å². The molecule has 0 N–H and O–H groups in total. The molecule has 7 heteroatoms. The molecule has 3 aromatic rings. The maximum Gasteiger partial charge on any atom is 0.340 e. The number of hydrogen-bond donors (Lipinski definition) is 0. The summed E-state index contributed by atoms with van der Waals surface area (Å²) in [5.74, 6) is 0.419. The van der Waals surface area contributed by atoms with Gasteiger partial charge < -0.3 is 18.9 Å². The van der Waals surface area contributed by atoms with Crippen molar-refractivity contribution in [2.45, 2.75) is 13.5 Å². The van der Waals surface area contributed by atoms with Crippen LogP contribution in [-0.4, -0.2) is 55.3 Å². The maximum absolute atomic E-state index is 12.9. The van der Waals surface area contributed by atoms with Gasteiger partial charge in [0.25, 0.3) is 0 Å². The standard InChI is InChI=1S/C24H28BrN3O3/c1-4-31-24(29)23-18-14-22(30-3)19(25)15-20(18)26(2)21(23)16-27-10-12-28(13-11-27)17-8-6-5-7-9-17/h5-9,14-15H,4,10-13,16H2,1-3H3. The van der Waals surface area contributed by atoms with Crippen LogP contribution in [0.25, 0.3) is 10.9 Å². The molecule has 0 amide bonds. The van der Waals surface area contributed by atoms with Crippen molar-refractivity contribution in [3.05, 3.63) is 58.2 Å². The second-order valence-electron chi connectivity index (χ2n) is 7.70. The maximum atomic E-state index is 12.9. The van der Waals surface area contributed by atoms with Gasteiger partial charge in [-0.25, -0.2) is 4.79 Å². The van der Waals surface area contributed by atoms with Crippen LogP contribution in [0, 0.1) is 0 Å². The Kier molecular flexibility index (Phi) is 6.53. The van der Waals surface area contributed by atoms with Crippen LogP contribution in [0.3, 0.4) is 0 Å². The van der Waals surface area contributed by atoms with Crippen LogP contribution in [0.4, 0.5) is 5.69 Å². The number of aromatic nitrogens is 1. The Morgan fingerprint density at radius 3 is 2.45 bits per heavy atom. The van der Waals surface area contributed by atoms with Crippen LogP contribution in [0.2, 0.25) is 0 Å². The first-order valence-corrected chi connectivity index (χ1v) is 11.4. The van der Waals surface area contributed by atoms with E-state index in [0.29, 0.717) is 24.5 Å². The van der Waals surface area contributed by atoms with Crippen LogP contribution >= 0.6 is 15.9 Å². The van der Waals surface area contributed by atoms with Gasteiger partial charge in [0, 0.05) is 56.5 Å². The number of ether oxygens (including phenoxy) is 2. The summed E-state index contributed by atoms with van der Waals surface area (Å²) in [6, 6.07) is 14.4. The number of carbonyl (C=O) groups is 1. The van der Waals surface area contributed by atoms with Gasteiger partial charge in [-0.1, -0.05) is 18.2 Å². The van der Waals surface area contributed by atoms with E-state index in [-0.39, 0.29) is 5.97 Å². The van der Waals surface area contributed by atoms with Crippen molar-refractivity contribution in [3.8, 4) is 5.75 Å². The monoisotopic (exact) mass is 485 g/mol. The molecular formula is C24H28BrN3O3. The van der Waals surface area contributed by atoms with Crippen LogP contribution in [0.5, 0.6) is 5.75 Å².